The van der Waals surface area contributed by atoms with Crippen LogP contribution in [0.5, 0.6) is 0 Å². The van der Waals surface area contributed by atoms with Crippen LogP contribution in [-0.4, -0.2) is 37.2 Å². The topological polar surface area (TPSA) is 12.5 Å². The van der Waals surface area contributed by atoms with Crippen LogP contribution in [0, 0.1) is 12.3 Å². The third kappa shape index (κ3) is 3.32. The standard InChI is InChI=1S/C12H21NO/c1-4-5-6-9-13-10-7-8-12(2,11-13)14-3/h1H,5-11H2,2-3H3. The molecule has 0 N–H and O–H groups in total. The van der Waals surface area contributed by atoms with Crippen LogP contribution in [0.15, 0.2) is 0 Å². The molecule has 14 heavy (non-hydrogen) atoms. The van der Waals surface area contributed by atoms with Gasteiger partial charge in [0.2, 0.25) is 0 Å². The Bertz CT molecular complexity index is 209. The van der Waals surface area contributed by atoms with Crippen LogP contribution < -0.4 is 0 Å². The lowest BCUT2D eigenvalue weighted by molar-refractivity contribution is -0.0506. The molecule has 0 aromatic rings. The maximum absolute atomic E-state index is 5.53. The van der Waals surface area contributed by atoms with Crippen molar-refractivity contribution < 1.29 is 4.74 Å². The first-order valence-electron chi connectivity index (χ1n) is 5.41. The van der Waals surface area contributed by atoms with Gasteiger partial charge in [0.25, 0.3) is 0 Å². The Kier molecular flexibility index (Phi) is 4.44. The van der Waals surface area contributed by atoms with Gasteiger partial charge in [0.05, 0.1) is 5.60 Å². The highest BCUT2D eigenvalue weighted by atomic mass is 16.5. The van der Waals surface area contributed by atoms with E-state index >= 15 is 0 Å². The first-order valence-corrected chi connectivity index (χ1v) is 5.41. The van der Waals surface area contributed by atoms with Crippen molar-refractivity contribution in [1.82, 2.24) is 4.90 Å². The Balaban J connectivity index is 2.30. The molecule has 1 fully saturated rings. The summed E-state index contributed by atoms with van der Waals surface area (Å²) in [7, 11) is 1.81. The van der Waals surface area contributed by atoms with Crippen LogP contribution in [0.25, 0.3) is 0 Å². The average molecular weight is 195 g/mol. The quantitative estimate of drug-likeness (QED) is 0.502. The summed E-state index contributed by atoms with van der Waals surface area (Å²) in [6.07, 6.45) is 9.64. The van der Waals surface area contributed by atoms with Crippen molar-refractivity contribution in [2.45, 2.75) is 38.2 Å². The first-order chi connectivity index (χ1) is 6.70. The van der Waals surface area contributed by atoms with Gasteiger partial charge in [0.1, 0.15) is 0 Å². The van der Waals surface area contributed by atoms with Crippen LogP contribution in [0.1, 0.15) is 32.6 Å². The number of unbranched alkanes of at least 4 members (excludes halogenated alkanes) is 1. The lowest BCUT2D eigenvalue weighted by Gasteiger charge is -2.39. The lowest BCUT2D eigenvalue weighted by atomic mass is 9.94. The van der Waals surface area contributed by atoms with Crippen LogP contribution in [0.3, 0.4) is 0 Å². The number of nitrogens with zero attached hydrogens (tertiary/aromatic N) is 1. The molecule has 1 atom stereocenters. The SMILES string of the molecule is C#CCCCN1CCCC(C)(OC)C1. The van der Waals surface area contributed by atoms with Crippen molar-refractivity contribution in [3.8, 4) is 12.3 Å². The Hall–Kier alpha value is -0.520. The fourth-order valence-corrected chi connectivity index (χ4v) is 2.07. The number of ether oxygens (including phenoxy) is 1. The number of methoxy groups -OCH3 is 1. The molecular formula is C12H21NO. The summed E-state index contributed by atoms with van der Waals surface area (Å²) in [5, 5.41) is 0. The Morgan fingerprint density at radius 2 is 2.36 bits per heavy atom. The lowest BCUT2D eigenvalue weighted by Crippen LogP contribution is -2.47. The van der Waals surface area contributed by atoms with Gasteiger partial charge in [-0.1, -0.05) is 0 Å². The predicted molar refractivity (Wildman–Crippen MR) is 59.2 cm³/mol. The minimum atomic E-state index is 0.0639. The molecule has 0 spiro atoms. The normalized spacial score (nSPS) is 28.6. The van der Waals surface area contributed by atoms with Gasteiger partial charge in [-0.05, 0) is 39.3 Å². The number of rotatable bonds is 4. The molecule has 1 aliphatic rings. The second kappa shape index (κ2) is 5.38. The third-order valence-corrected chi connectivity index (χ3v) is 3.03. The van der Waals surface area contributed by atoms with Crippen molar-refractivity contribution in [3.05, 3.63) is 0 Å². The zero-order valence-corrected chi connectivity index (χ0v) is 9.38. The van der Waals surface area contributed by atoms with E-state index in [2.05, 4.69) is 17.7 Å². The van der Waals surface area contributed by atoms with Crippen LogP contribution >= 0.6 is 0 Å². The molecule has 1 heterocycles. The molecule has 1 rings (SSSR count). The third-order valence-electron chi connectivity index (χ3n) is 3.03. The molecule has 2 nitrogen and oxygen atoms in total. The minimum Gasteiger partial charge on any atom is -0.377 e. The molecule has 1 aliphatic heterocycles. The zero-order chi connectivity index (χ0) is 10.4. The summed E-state index contributed by atoms with van der Waals surface area (Å²) in [4.78, 5) is 2.46. The zero-order valence-electron chi connectivity index (χ0n) is 9.38. The van der Waals surface area contributed by atoms with E-state index in [0.29, 0.717) is 0 Å². The molecule has 0 aromatic carbocycles. The van der Waals surface area contributed by atoms with Gasteiger partial charge in [-0.2, -0.15) is 0 Å². The van der Waals surface area contributed by atoms with Crippen molar-refractivity contribution in [3.63, 3.8) is 0 Å². The fraction of sp³-hybridized carbons (Fsp3) is 0.833. The van der Waals surface area contributed by atoms with E-state index in [1.54, 1.807) is 0 Å². The Morgan fingerprint density at radius 3 is 3.00 bits per heavy atom. The van der Waals surface area contributed by atoms with Gasteiger partial charge >= 0.3 is 0 Å². The maximum Gasteiger partial charge on any atom is 0.0777 e. The molecule has 1 saturated heterocycles. The molecule has 0 aliphatic carbocycles. The van der Waals surface area contributed by atoms with Gasteiger partial charge in [0, 0.05) is 20.1 Å². The summed E-state index contributed by atoms with van der Waals surface area (Å²) in [5.41, 5.74) is 0.0639. The largest absolute Gasteiger partial charge is 0.377 e. The number of likely N-dealkylation sites (tertiary alicyclic amines) is 1. The average Bonchev–Trinajstić information content (AvgIpc) is 2.19. The van der Waals surface area contributed by atoms with Crippen molar-refractivity contribution >= 4 is 0 Å². The number of terminal acetylenes is 1. The van der Waals surface area contributed by atoms with Gasteiger partial charge in [0.15, 0.2) is 0 Å². The number of hydrogen-bond acceptors (Lipinski definition) is 2. The molecule has 0 bridgehead atoms. The van der Waals surface area contributed by atoms with E-state index in [9.17, 15) is 0 Å². The fourth-order valence-electron chi connectivity index (χ4n) is 2.07. The molecular weight excluding hydrogens is 174 g/mol. The Morgan fingerprint density at radius 1 is 1.57 bits per heavy atom. The second-order valence-corrected chi connectivity index (χ2v) is 4.34. The number of hydrogen-bond donors (Lipinski definition) is 0. The molecule has 0 aromatic heterocycles. The van der Waals surface area contributed by atoms with Gasteiger partial charge in [-0.15, -0.1) is 12.3 Å². The van der Waals surface area contributed by atoms with Crippen molar-refractivity contribution in [2.75, 3.05) is 26.7 Å². The van der Waals surface area contributed by atoms with E-state index in [0.717, 1.165) is 25.9 Å². The summed E-state index contributed by atoms with van der Waals surface area (Å²) < 4.78 is 5.53. The molecule has 0 saturated carbocycles. The van der Waals surface area contributed by atoms with E-state index < -0.39 is 0 Å². The maximum atomic E-state index is 5.53. The van der Waals surface area contributed by atoms with Crippen LogP contribution in [0.2, 0.25) is 0 Å². The smallest absolute Gasteiger partial charge is 0.0777 e. The van der Waals surface area contributed by atoms with Crippen molar-refractivity contribution in [2.24, 2.45) is 0 Å². The van der Waals surface area contributed by atoms with Crippen LogP contribution in [0.4, 0.5) is 0 Å². The Labute approximate surface area is 87.6 Å². The molecule has 0 amide bonds. The van der Waals surface area contributed by atoms with Crippen LogP contribution in [-0.2, 0) is 4.74 Å². The summed E-state index contributed by atoms with van der Waals surface area (Å²) in [6.45, 7) is 5.56. The van der Waals surface area contributed by atoms with Gasteiger partial charge in [-0.3, -0.25) is 0 Å². The predicted octanol–water partition coefficient (Wildman–Crippen LogP) is 1.90. The number of piperidine rings is 1. The summed E-state index contributed by atoms with van der Waals surface area (Å²) in [6, 6.07) is 0. The van der Waals surface area contributed by atoms with E-state index in [4.69, 9.17) is 11.2 Å². The summed E-state index contributed by atoms with van der Waals surface area (Å²) >= 11 is 0. The highest BCUT2D eigenvalue weighted by Crippen LogP contribution is 2.23. The summed E-state index contributed by atoms with van der Waals surface area (Å²) in [5.74, 6) is 2.68. The van der Waals surface area contributed by atoms with Gasteiger partial charge < -0.3 is 9.64 Å². The first kappa shape index (κ1) is 11.6. The van der Waals surface area contributed by atoms with E-state index in [-0.39, 0.29) is 5.60 Å². The van der Waals surface area contributed by atoms with Crippen molar-refractivity contribution in [1.29, 1.82) is 0 Å². The minimum absolute atomic E-state index is 0.0639. The highest BCUT2D eigenvalue weighted by Gasteiger charge is 2.30. The molecule has 2 heteroatoms. The molecule has 1 unspecified atom stereocenters. The second-order valence-electron chi connectivity index (χ2n) is 4.34. The molecule has 0 radical (unpaired) electrons. The molecule has 80 valence electrons. The van der Waals surface area contributed by atoms with Gasteiger partial charge in [-0.25, -0.2) is 0 Å². The van der Waals surface area contributed by atoms with E-state index in [1.807, 2.05) is 7.11 Å². The monoisotopic (exact) mass is 195 g/mol. The highest BCUT2D eigenvalue weighted by molar-refractivity contribution is 4.86. The van der Waals surface area contributed by atoms with E-state index in [1.165, 1.54) is 19.4 Å².